The standard InChI is InChI=1S/C9H15NO3S/c1-9(6-2-3-13-4-6)10-7(5-14-9)8(11)12/h6-7,10H,2-5H2,1H3,(H,11,12)/t6?,7-,9?/m1/s1. The Morgan fingerprint density at radius 2 is 2.50 bits per heavy atom. The predicted octanol–water partition coefficient (Wildman–Crippen LogP) is 0.529. The minimum absolute atomic E-state index is 0.112. The first-order chi connectivity index (χ1) is 6.62. The Kier molecular flexibility index (Phi) is 2.72. The van der Waals surface area contributed by atoms with Gasteiger partial charge in [0.25, 0.3) is 0 Å². The summed E-state index contributed by atoms with van der Waals surface area (Å²) in [6.45, 7) is 3.64. The quantitative estimate of drug-likeness (QED) is 0.706. The fourth-order valence-electron chi connectivity index (χ4n) is 2.02. The molecule has 0 aromatic heterocycles. The van der Waals surface area contributed by atoms with Crippen LogP contribution in [0.15, 0.2) is 0 Å². The second-order valence-corrected chi connectivity index (χ2v) is 5.48. The van der Waals surface area contributed by atoms with Gasteiger partial charge in [0.15, 0.2) is 0 Å². The lowest BCUT2D eigenvalue weighted by atomic mass is 9.99. The molecule has 2 aliphatic rings. The first kappa shape index (κ1) is 10.3. The summed E-state index contributed by atoms with van der Waals surface area (Å²) < 4.78 is 5.33. The minimum atomic E-state index is -0.750. The summed E-state index contributed by atoms with van der Waals surface area (Å²) in [7, 11) is 0. The maximum Gasteiger partial charge on any atom is 0.321 e. The molecule has 4 nitrogen and oxygen atoms in total. The number of carboxylic acids is 1. The average Bonchev–Trinajstić information content (AvgIpc) is 2.71. The Labute approximate surface area is 87.4 Å². The van der Waals surface area contributed by atoms with Crippen LogP contribution in [0.25, 0.3) is 0 Å². The SMILES string of the molecule is CC1(C2CCOC2)N[C@@H](C(=O)O)CS1. The lowest BCUT2D eigenvalue weighted by molar-refractivity contribution is -0.139. The third kappa shape index (κ3) is 1.76. The van der Waals surface area contributed by atoms with Gasteiger partial charge in [-0.05, 0) is 13.3 Å². The molecule has 0 radical (unpaired) electrons. The predicted molar refractivity (Wildman–Crippen MR) is 54.3 cm³/mol. The summed E-state index contributed by atoms with van der Waals surface area (Å²) >= 11 is 1.71. The second-order valence-electron chi connectivity index (χ2n) is 4.01. The van der Waals surface area contributed by atoms with Gasteiger partial charge in [0.2, 0.25) is 0 Å². The van der Waals surface area contributed by atoms with Gasteiger partial charge in [-0.2, -0.15) is 0 Å². The molecule has 2 rings (SSSR count). The highest BCUT2D eigenvalue weighted by Crippen LogP contribution is 2.40. The van der Waals surface area contributed by atoms with Crippen LogP contribution in [0.1, 0.15) is 13.3 Å². The summed E-state index contributed by atoms with van der Waals surface area (Å²) in [5.74, 6) is 0.347. The topological polar surface area (TPSA) is 58.6 Å². The summed E-state index contributed by atoms with van der Waals surface area (Å²) in [6, 6.07) is -0.398. The van der Waals surface area contributed by atoms with Crippen molar-refractivity contribution >= 4 is 17.7 Å². The summed E-state index contributed by atoms with van der Waals surface area (Å²) in [4.78, 5) is 10.7. The van der Waals surface area contributed by atoms with Crippen LogP contribution in [0.2, 0.25) is 0 Å². The maximum atomic E-state index is 10.8. The van der Waals surface area contributed by atoms with Crippen LogP contribution in [-0.2, 0) is 9.53 Å². The van der Waals surface area contributed by atoms with E-state index in [0.717, 1.165) is 19.6 Å². The third-order valence-electron chi connectivity index (χ3n) is 3.02. The average molecular weight is 217 g/mol. The number of ether oxygens (including phenoxy) is 1. The Bertz CT molecular complexity index is 242. The number of rotatable bonds is 2. The molecule has 2 unspecified atom stereocenters. The minimum Gasteiger partial charge on any atom is -0.480 e. The van der Waals surface area contributed by atoms with E-state index in [1.807, 2.05) is 0 Å². The van der Waals surface area contributed by atoms with Gasteiger partial charge in [-0.1, -0.05) is 0 Å². The molecule has 0 aliphatic carbocycles. The number of carboxylic acid groups (broad SMARTS) is 1. The van der Waals surface area contributed by atoms with E-state index in [1.165, 1.54) is 0 Å². The number of nitrogens with one attached hydrogen (secondary N) is 1. The summed E-state index contributed by atoms with van der Waals surface area (Å²) in [5.41, 5.74) is 0. The monoisotopic (exact) mass is 217 g/mol. The molecule has 80 valence electrons. The molecular formula is C9H15NO3S. The fraction of sp³-hybridized carbons (Fsp3) is 0.889. The van der Waals surface area contributed by atoms with Gasteiger partial charge >= 0.3 is 5.97 Å². The normalized spacial score (nSPS) is 42.9. The summed E-state index contributed by atoms with van der Waals surface area (Å²) in [5, 5.41) is 12.1. The molecule has 2 heterocycles. The van der Waals surface area contributed by atoms with Gasteiger partial charge in [0.1, 0.15) is 6.04 Å². The molecule has 0 spiro atoms. The van der Waals surface area contributed by atoms with Crippen LogP contribution in [0.3, 0.4) is 0 Å². The molecule has 2 aliphatic heterocycles. The molecule has 2 N–H and O–H groups in total. The second kappa shape index (κ2) is 3.72. The van der Waals surface area contributed by atoms with E-state index in [0.29, 0.717) is 11.7 Å². The van der Waals surface area contributed by atoms with Gasteiger partial charge in [0, 0.05) is 18.3 Å². The van der Waals surface area contributed by atoms with Gasteiger partial charge < -0.3 is 9.84 Å². The highest BCUT2D eigenvalue weighted by molar-refractivity contribution is 8.00. The van der Waals surface area contributed by atoms with Crippen molar-refractivity contribution in [3.63, 3.8) is 0 Å². The number of carbonyl (C=O) groups is 1. The third-order valence-corrected chi connectivity index (χ3v) is 4.57. The van der Waals surface area contributed by atoms with Crippen LogP contribution >= 0.6 is 11.8 Å². The van der Waals surface area contributed by atoms with Crippen LogP contribution in [0, 0.1) is 5.92 Å². The summed E-state index contributed by atoms with van der Waals surface area (Å²) in [6.07, 6.45) is 1.03. The first-order valence-corrected chi connectivity index (χ1v) is 5.82. The van der Waals surface area contributed by atoms with Crippen molar-refractivity contribution in [3.8, 4) is 0 Å². The number of hydrogen-bond acceptors (Lipinski definition) is 4. The Balaban J connectivity index is 2.00. The Morgan fingerprint density at radius 1 is 1.71 bits per heavy atom. The molecule has 0 aromatic carbocycles. The van der Waals surface area contributed by atoms with Crippen molar-refractivity contribution in [2.24, 2.45) is 5.92 Å². The highest BCUT2D eigenvalue weighted by atomic mass is 32.2. The molecule has 0 amide bonds. The van der Waals surface area contributed by atoms with E-state index < -0.39 is 12.0 Å². The van der Waals surface area contributed by atoms with E-state index in [4.69, 9.17) is 9.84 Å². The first-order valence-electron chi connectivity index (χ1n) is 4.84. The largest absolute Gasteiger partial charge is 0.480 e. The zero-order valence-electron chi connectivity index (χ0n) is 8.16. The lowest BCUT2D eigenvalue weighted by Gasteiger charge is -2.29. The van der Waals surface area contributed by atoms with Gasteiger partial charge in [-0.25, -0.2) is 0 Å². The van der Waals surface area contributed by atoms with Crippen molar-refractivity contribution in [1.82, 2.24) is 5.32 Å². The molecule has 0 aromatic rings. The smallest absolute Gasteiger partial charge is 0.321 e. The van der Waals surface area contributed by atoms with Crippen molar-refractivity contribution in [1.29, 1.82) is 0 Å². The van der Waals surface area contributed by atoms with E-state index in [-0.39, 0.29) is 4.87 Å². The molecule has 5 heteroatoms. The Hall–Kier alpha value is -0.260. The van der Waals surface area contributed by atoms with E-state index in [2.05, 4.69) is 12.2 Å². The van der Waals surface area contributed by atoms with Crippen molar-refractivity contribution in [3.05, 3.63) is 0 Å². The lowest BCUT2D eigenvalue weighted by Crippen LogP contribution is -2.48. The zero-order valence-corrected chi connectivity index (χ0v) is 8.97. The van der Waals surface area contributed by atoms with Crippen LogP contribution in [-0.4, -0.2) is 41.0 Å². The molecule has 2 saturated heterocycles. The molecule has 0 saturated carbocycles. The van der Waals surface area contributed by atoms with E-state index >= 15 is 0 Å². The Morgan fingerprint density at radius 3 is 3.00 bits per heavy atom. The number of aliphatic carboxylic acids is 1. The van der Waals surface area contributed by atoms with Crippen LogP contribution in [0.5, 0.6) is 0 Å². The van der Waals surface area contributed by atoms with Gasteiger partial charge in [-0.15, -0.1) is 11.8 Å². The zero-order chi connectivity index (χ0) is 10.2. The molecule has 3 atom stereocenters. The molecule has 2 fully saturated rings. The van der Waals surface area contributed by atoms with Crippen molar-refractivity contribution in [2.45, 2.75) is 24.3 Å². The van der Waals surface area contributed by atoms with Crippen molar-refractivity contribution < 1.29 is 14.6 Å². The molecule has 14 heavy (non-hydrogen) atoms. The number of thioether (sulfide) groups is 1. The molecule has 0 bridgehead atoms. The number of hydrogen-bond donors (Lipinski definition) is 2. The van der Waals surface area contributed by atoms with Gasteiger partial charge in [-0.3, -0.25) is 10.1 Å². The van der Waals surface area contributed by atoms with E-state index in [1.54, 1.807) is 11.8 Å². The van der Waals surface area contributed by atoms with Crippen LogP contribution in [0.4, 0.5) is 0 Å². The van der Waals surface area contributed by atoms with E-state index in [9.17, 15) is 4.79 Å². The molecular weight excluding hydrogens is 202 g/mol. The maximum absolute atomic E-state index is 10.8. The van der Waals surface area contributed by atoms with Gasteiger partial charge in [0.05, 0.1) is 11.5 Å². The highest BCUT2D eigenvalue weighted by Gasteiger charge is 2.45. The van der Waals surface area contributed by atoms with Crippen molar-refractivity contribution in [2.75, 3.05) is 19.0 Å². The van der Waals surface area contributed by atoms with Crippen LogP contribution < -0.4 is 5.32 Å². The fourth-order valence-corrected chi connectivity index (χ4v) is 3.41.